The predicted molar refractivity (Wildman–Crippen MR) is 60.6 cm³/mol. The highest BCUT2D eigenvalue weighted by molar-refractivity contribution is 5.65. The molecule has 1 saturated carbocycles. The molecular formula is C13H21N. The van der Waals surface area contributed by atoms with Gasteiger partial charge >= 0.3 is 0 Å². The SMILES string of the molecule is CCC(C)[C@@H]1CCC1C1=CC[C@H]1C=N. The summed E-state index contributed by atoms with van der Waals surface area (Å²) in [6, 6.07) is 0. The van der Waals surface area contributed by atoms with Crippen molar-refractivity contribution in [2.75, 3.05) is 0 Å². The van der Waals surface area contributed by atoms with Crippen molar-refractivity contribution in [1.82, 2.24) is 0 Å². The lowest BCUT2D eigenvalue weighted by molar-refractivity contribution is 0.129. The van der Waals surface area contributed by atoms with Crippen molar-refractivity contribution in [1.29, 1.82) is 5.41 Å². The van der Waals surface area contributed by atoms with Gasteiger partial charge in [0.25, 0.3) is 0 Å². The molecule has 0 spiro atoms. The molecule has 0 amide bonds. The second-order valence-electron chi connectivity index (χ2n) is 4.95. The van der Waals surface area contributed by atoms with Crippen LogP contribution in [0.1, 0.15) is 39.5 Å². The molecule has 78 valence electrons. The van der Waals surface area contributed by atoms with Gasteiger partial charge in [-0.3, -0.25) is 0 Å². The molecule has 2 unspecified atom stereocenters. The lowest BCUT2D eigenvalue weighted by Gasteiger charge is -2.46. The molecule has 0 aromatic carbocycles. The van der Waals surface area contributed by atoms with Crippen LogP contribution in [0, 0.1) is 29.1 Å². The summed E-state index contributed by atoms with van der Waals surface area (Å²) in [5.74, 6) is 3.15. The van der Waals surface area contributed by atoms with E-state index in [4.69, 9.17) is 5.41 Å². The third-order valence-electron chi connectivity index (χ3n) is 4.37. The van der Waals surface area contributed by atoms with Crippen LogP contribution in [0.25, 0.3) is 0 Å². The Morgan fingerprint density at radius 3 is 2.71 bits per heavy atom. The van der Waals surface area contributed by atoms with Crippen LogP contribution in [0.15, 0.2) is 11.6 Å². The zero-order valence-corrected chi connectivity index (χ0v) is 9.29. The smallest absolute Gasteiger partial charge is 0.0182 e. The molecule has 0 aromatic heterocycles. The van der Waals surface area contributed by atoms with Crippen LogP contribution >= 0.6 is 0 Å². The average molecular weight is 191 g/mol. The first-order valence-corrected chi connectivity index (χ1v) is 5.98. The number of hydrogen-bond donors (Lipinski definition) is 1. The van der Waals surface area contributed by atoms with Crippen LogP contribution in [-0.2, 0) is 0 Å². The molecule has 0 bridgehead atoms. The second-order valence-corrected chi connectivity index (χ2v) is 4.95. The third kappa shape index (κ3) is 1.43. The van der Waals surface area contributed by atoms with Gasteiger partial charge in [-0.05, 0) is 37.0 Å². The molecule has 1 fully saturated rings. The first-order chi connectivity index (χ1) is 6.77. The molecule has 1 heteroatoms. The van der Waals surface area contributed by atoms with E-state index in [1.54, 1.807) is 11.8 Å². The Morgan fingerprint density at radius 2 is 2.36 bits per heavy atom. The Kier molecular flexibility index (Phi) is 2.76. The Morgan fingerprint density at radius 1 is 1.57 bits per heavy atom. The van der Waals surface area contributed by atoms with Gasteiger partial charge in [-0.15, -0.1) is 0 Å². The summed E-state index contributed by atoms with van der Waals surface area (Å²) in [6.45, 7) is 4.68. The van der Waals surface area contributed by atoms with E-state index in [0.29, 0.717) is 5.92 Å². The van der Waals surface area contributed by atoms with Crippen LogP contribution in [0.2, 0.25) is 0 Å². The Balaban J connectivity index is 1.96. The van der Waals surface area contributed by atoms with E-state index in [2.05, 4.69) is 19.9 Å². The van der Waals surface area contributed by atoms with Gasteiger partial charge in [0.15, 0.2) is 0 Å². The summed E-state index contributed by atoms with van der Waals surface area (Å²) in [5, 5.41) is 7.34. The fraction of sp³-hybridized carbons (Fsp3) is 0.769. The third-order valence-corrected chi connectivity index (χ3v) is 4.37. The molecule has 1 N–H and O–H groups in total. The number of rotatable bonds is 4. The van der Waals surface area contributed by atoms with Crippen molar-refractivity contribution >= 4 is 6.21 Å². The van der Waals surface area contributed by atoms with E-state index in [0.717, 1.165) is 24.2 Å². The average Bonchev–Trinajstić information content (AvgIpc) is 2.10. The zero-order chi connectivity index (χ0) is 10.1. The minimum Gasteiger partial charge on any atom is -0.312 e. The Hall–Kier alpha value is -0.590. The highest BCUT2D eigenvalue weighted by atomic mass is 14.5. The van der Waals surface area contributed by atoms with Gasteiger partial charge in [-0.25, -0.2) is 0 Å². The number of nitrogens with one attached hydrogen (secondary N) is 1. The van der Waals surface area contributed by atoms with E-state index in [1.165, 1.54) is 19.3 Å². The van der Waals surface area contributed by atoms with Crippen LogP contribution in [0.5, 0.6) is 0 Å². The molecule has 0 radical (unpaired) electrons. The topological polar surface area (TPSA) is 23.9 Å². The fourth-order valence-electron chi connectivity index (χ4n) is 2.90. The first kappa shape index (κ1) is 9.95. The Labute approximate surface area is 87.1 Å². The summed E-state index contributed by atoms with van der Waals surface area (Å²) in [4.78, 5) is 0. The molecule has 0 saturated heterocycles. The van der Waals surface area contributed by atoms with Gasteiger partial charge < -0.3 is 5.41 Å². The molecule has 2 rings (SSSR count). The van der Waals surface area contributed by atoms with Crippen molar-refractivity contribution in [2.24, 2.45) is 23.7 Å². The van der Waals surface area contributed by atoms with Gasteiger partial charge in [-0.2, -0.15) is 0 Å². The summed E-state index contributed by atoms with van der Waals surface area (Å²) >= 11 is 0. The van der Waals surface area contributed by atoms with Crippen LogP contribution < -0.4 is 0 Å². The van der Waals surface area contributed by atoms with Crippen LogP contribution in [0.4, 0.5) is 0 Å². The lowest BCUT2D eigenvalue weighted by Crippen LogP contribution is -2.37. The molecule has 0 heterocycles. The normalized spacial score (nSPS) is 37.9. The predicted octanol–water partition coefficient (Wildman–Crippen LogP) is 3.65. The van der Waals surface area contributed by atoms with Crippen molar-refractivity contribution < 1.29 is 0 Å². The monoisotopic (exact) mass is 191 g/mol. The maximum atomic E-state index is 7.34. The standard InChI is InChI=1S/C13H21N/c1-3-9(2)11-6-7-13(11)12-5-4-10(12)8-14/h5,8-11,13-14H,3-4,6-7H2,1-2H3/t9?,10-,11-,13?/m0/s1. The van der Waals surface area contributed by atoms with Gasteiger partial charge in [0.2, 0.25) is 0 Å². The lowest BCUT2D eigenvalue weighted by atomic mass is 9.59. The van der Waals surface area contributed by atoms with Crippen molar-refractivity contribution in [2.45, 2.75) is 39.5 Å². The molecule has 0 aliphatic heterocycles. The first-order valence-electron chi connectivity index (χ1n) is 5.98. The van der Waals surface area contributed by atoms with Crippen LogP contribution in [-0.4, -0.2) is 6.21 Å². The van der Waals surface area contributed by atoms with Crippen molar-refractivity contribution in [3.63, 3.8) is 0 Å². The number of hydrogen-bond acceptors (Lipinski definition) is 1. The van der Waals surface area contributed by atoms with E-state index in [-0.39, 0.29) is 0 Å². The van der Waals surface area contributed by atoms with Gasteiger partial charge in [0.05, 0.1) is 0 Å². The zero-order valence-electron chi connectivity index (χ0n) is 9.29. The van der Waals surface area contributed by atoms with Gasteiger partial charge in [0.1, 0.15) is 0 Å². The Bertz CT molecular complexity index is 254. The maximum Gasteiger partial charge on any atom is 0.0182 e. The van der Waals surface area contributed by atoms with E-state index >= 15 is 0 Å². The molecule has 1 nitrogen and oxygen atoms in total. The quantitative estimate of drug-likeness (QED) is 0.518. The molecule has 14 heavy (non-hydrogen) atoms. The highest BCUT2D eigenvalue weighted by Gasteiger charge is 2.40. The second kappa shape index (κ2) is 3.88. The van der Waals surface area contributed by atoms with Gasteiger partial charge in [0, 0.05) is 12.1 Å². The summed E-state index contributed by atoms with van der Waals surface area (Å²) in [6.07, 6.45) is 9.25. The van der Waals surface area contributed by atoms with Crippen molar-refractivity contribution in [3.8, 4) is 0 Å². The number of allylic oxidation sites excluding steroid dienone is 2. The van der Waals surface area contributed by atoms with E-state index in [9.17, 15) is 0 Å². The maximum absolute atomic E-state index is 7.34. The van der Waals surface area contributed by atoms with Crippen molar-refractivity contribution in [3.05, 3.63) is 11.6 Å². The molecular weight excluding hydrogens is 170 g/mol. The molecule has 0 aromatic rings. The molecule has 2 aliphatic carbocycles. The fourth-order valence-corrected chi connectivity index (χ4v) is 2.90. The summed E-state index contributed by atoms with van der Waals surface area (Å²) in [7, 11) is 0. The molecule has 4 atom stereocenters. The molecule has 2 aliphatic rings. The summed E-state index contributed by atoms with van der Waals surface area (Å²) < 4.78 is 0. The summed E-state index contributed by atoms with van der Waals surface area (Å²) in [5.41, 5.74) is 1.59. The largest absolute Gasteiger partial charge is 0.312 e. The van der Waals surface area contributed by atoms with E-state index in [1.807, 2.05) is 0 Å². The minimum absolute atomic E-state index is 0.506. The van der Waals surface area contributed by atoms with E-state index < -0.39 is 0 Å². The highest BCUT2D eigenvalue weighted by Crippen LogP contribution is 2.49. The minimum atomic E-state index is 0.506. The van der Waals surface area contributed by atoms with Crippen LogP contribution in [0.3, 0.4) is 0 Å². The van der Waals surface area contributed by atoms with Gasteiger partial charge in [-0.1, -0.05) is 31.9 Å².